The highest BCUT2D eigenvalue weighted by molar-refractivity contribution is 6.37. The van der Waals surface area contributed by atoms with Crippen molar-refractivity contribution in [2.75, 3.05) is 19.3 Å². The Kier molecular flexibility index (Phi) is 4.95. The first-order valence-electron chi connectivity index (χ1n) is 4.71. The quantitative estimate of drug-likeness (QED) is 0.631. The van der Waals surface area contributed by atoms with Crippen LogP contribution in [0.2, 0.25) is 10.0 Å². The van der Waals surface area contributed by atoms with Gasteiger partial charge in [-0.3, -0.25) is 0 Å². The second-order valence-electron chi connectivity index (χ2n) is 3.19. The van der Waals surface area contributed by atoms with Crippen LogP contribution in [-0.4, -0.2) is 13.6 Å². The smallest absolute Gasteiger partial charge is 0.0513 e. The molecule has 1 aromatic rings. The van der Waals surface area contributed by atoms with Crippen LogP contribution in [0.3, 0.4) is 0 Å². The van der Waals surface area contributed by atoms with Crippen LogP contribution in [0, 0.1) is 0 Å². The number of rotatable bonds is 4. The molecule has 15 heavy (non-hydrogen) atoms. The van der Waals surface area contributed by atoms with Gasteiger partial charge >= 0.3 is 0 Å². The van der Waals surface area contributed by atoms with Crippen LogP contribution >= 0.6 is 23.2 Å². The maximum Gasteiger partial charge on any atom is 0.0513 e. The number of hydrogen-bond acceptors (Lipinski definition) is 2. The van der Waals surface area contributed by atoms with Crippen LogP contribution in [0.15, 0.2) is 18.2 Å². The standard InChI is InChI=1S/C11H14Cl2N2/c1-15-5-3-2-4-9-10(12)6-8(14)7-11(9)13/h2,4,6-7,15H,3,5,14H2,1H3. The molecule has 0 aliphatic carbocycles. The average molecular weight is 245 g/mol. The minimum absolute atomic E-state index is 0.581. The molecule has 0 aromatic heterocycles. The van der Waals surface area contributed by atoms with E-state index in [9.17, 15) is 0 Å². The van der Waals surface area contributed by atoms with Gasteiger partial charge in [0.1, 0.15) is 0 Å². The SMILES string of the molecule is CNCCC=Cc1c(Cl)cc(N)cc1Cl. The molecule has 1 rings (SSSR count). The lowest BCUT2D eigenvalue weighted by Gasteiger charge is -2.03. The van der Waals surface area contributed by atoms with Crippen molar-refractivity contribution in [3.05, 3.63) is 33.8 Å². The predicted molar refractivity (Wildman–Crippen MR) is 68.5 cm³/mol. The molecule has 0 unspecified atom stereocenters. The number of benzene rings is 1. The highest BCUT2D eigenvalue weighted by Gasteiger charge is 2.03. The molecule has 4 heteroatoms. The molecule has 82 valence electrons. The van der Waals surface area contributed by atoms with Crippen molar-refractivity contribution in [1.82, 2.24) is 5.32 Å². The second-order valence-corrected chi connectivity index (χ2v) is 4.01. The number of anilines is 1. The molecule has 1 aromatic carbocycles. The van der Waals surface area contributed by atoms with E-state index in [0.717, 1.165) is 18.5 Å². The minimum Gasteiger partial charge on any atom is -0.399 e. The summed E-state index contributed by atoms with van der Waals surface area (Å²) < 4.78 is 0. The van der Waals surface area contributed by atoms with E-state index in [4.69, 9.17) is 28.9 Å². The summed E-state index contributed by atoms with van der Waals surface area (Å²) in [6.45, 7) is 0.931. The van der Waals surface area contributed by atoms with Gasteiger partial charge in [0.25, 0.3) is 0 Å². The van der Waals surface area contributed by atoms with E-state index < -0.39 is 0 Å². The molecular weight excluding hydrogens is 231 g/mol. The molecule has 0 aliphatic heterocycles. The summed E-state index contributed by atoms with van der Waals surface area (Å²) >= 11 is 12.0. The summed E-state index contributed by atoms with van der Waals surface area (Å²) in [5.74, 6) is 0. The molecule has 0 atom stereocenters. The lowest BCUT2D eigenvalue weighted by molar-refractivity contribution is 0.809. The Labute approximate surface area is 100 Å². The lowest BCUT2D eigenvalue weighted by atomic mass is 10.2. The van der Waals surface area contributed by atoms with Crippen LogP contribution in [0.4, 0.5) is 5.69 Å². The molecular formula is C11H14Cl2N2. The molecule has 0 aliphatic rings. The molecule has 0 saturated heterocycles. The van der Waals surface area contributed by atoms with Gasteiger partial charge in [-0.25, -0.2) is 0 Å². The van der Waals surface area contributed by atoms with Crippen molar-refractivity contribution in [2.45, 2.75) is 6.42 Å². The number of hydrogen-bond donors (Lipinski definition) is 2. The van der Waals surface area contributed by atoms with Gasteiger partial charge in [0.05, 0.1) is 10.0 Å². The van der Waals surface area contributed by atoms with E-state index in [1.54, 1.807) is 12.1 Å². The highest BCUT2D eigenvalue weighted by Crippen LogP contribution is 2.28. The summed E-state index contributed by atoms with van der Waals surface area (Å²) in [5, 5.41) is 4.22. The van der Waals surface area contributed by atoms with E-state index >= 15 is 0 Å². The summed E-state index contributed by atoms with van der Waals surface area (Å²) in [4.78, 5) is 0. The zero-order valence-corrected chi connectivity index (χ0v) is 10.1. The monoisotopic (exact) mass is 244 g/mol. The third-order valence-electron chi connectivity index (χ3n) is 1.95. The molecule has 3 N–H and O–H groups in total. The minimum atomic E-state index is 0.581. The second kappa shape index (κ2) is 6.01. The summed E-state index contributed by atoms with van der Waals surface area (Å²) in [5.41, 5.74) is 7.01. The lowest BCUT2D eigenvalue weighted by Crippen LogP contribution is -2.05. The normalized spacial score (nSPS) is 11.1. The first-order chi connectivity index (χ1) is 7.15. The molecule has 0 spiro atoms. The van der Waals surface area contributed by atoms with Crippen molar-refractivity contribution in [3.8, 4) is 0 Å². The highest BCUT2D eigenvalue weighted by atomic mass is 35.5. The Hall–Kier alpha value is -0.700. The van der Waals surface area contributed by atoms with Gasteiger partial charge in [0.2, 0.25) is 0 Å². The van der Waals surface area contributed by atoms with Gasteiger partial charge in [-0.1, -0.05) is 35.4 Å². The molecule has 0 bridgehead atoms. The predicted octanol–water partition coefficient (Wildman–Crippen LogP) is 3.20. The Bertz CT molecular complexity index is 339. The van der Waals surface area contributed by atoms with Crippen LogP contribution in [0.1, 0.15) is 12.0 Å². The van der Waals surface area contributed by atoms with Gasteiger partial charge in [0.15, 0.2) is 0 Å². The molecule has 0 amide bonds. The van der Waals surface area contributed by atoms with Crippen molar-refractivity contribution < 1.29 is 0 Å². The molecule has 0 radical (unpaired) electrons. The van der Waals surface area contributed by atoms with E-state index in [1.807, 2.05) is 19.2 Å². The first-order valence-corrected chi connectivity index (χ1v) is 5.46. The molecule has 0 fully saturated rings. The van der Waals surface area contributed by atoms with Gasteiger partial charge in [-0.15, -0.1) is 0 Å². The van der Waals surface area contributed by atoms with Gasteiger partial charge in [0, 0.05) is 11.3 Å². The van der Waals surface area contributed by atoms with Crippen LogP contribution in [0.25, 0.3) is 6.08 Å². The maximum absolute atomic E-state index is 6.02. The third kappa shape index (κ3) is 3.74. The average Bonchev–Trinajstić information content (AvgIpc) is 2.15. The van der Waals surface area contributed by atoms with Crippen molar-refractivity contribution in [2.24, 2.45) is 0 Å². The number of nitrogens with one attached hydrogen (secondary N) is 1. The van der Waals surface area contributed by atoms with E-state index in [0.29, 0.717) is 15.7 Å². The first kappa shape index (κ1) is 12.4. The Morgan fingerprint density at radius 3 is 2.47 bits per heavy atom. The van der Waals surface area contributed by atoms with Crippen molar-refractivity contribution in [1.29, 1.82) is 0 Å². The fourth-order valence-corrected chi connectivity index (χ4v) is 1.82. The van der Waals surface area contributed by atoms with Crippen LogP contribution < -0.4 is 11.1 Å². The summed E-state index contributed by atoms with van der Waals surface area (Å²) in [6, 6.07) is 3.40. The van der Waals surface area contributed by atoms with E-state index in [1.165, 1.54) is 0 Å². The fraction of sp³-hybridized carbons (Fsp3) is 0.273. The van der Waals surface area contributed by atoms with Crippen molar-refractivity contribution in [3.63, 3.8) is 0 Å². The maximum atomic E-state index is 6.02. The van der Waals surface area contributed by atoms with E-state index in [2.05, 4.69) is 5.32 Å². The number of halogens is 2. The van der Waals surface area contributed by atoms with Gasteiger partial charge in [-0.05, 0) is 32.1 Å². The van der Waals surface area contributed by atoms with Crippen molar-refractivity contribution >= 4 is 35.0 Å². The van der Waals surface area contributed by atoms with Crippen LogP contribution in [-0.2, 0) is 0 Å². The summed E-state index contributed by atoms with van der Waals surface area (Å²) in [7, 11) is 1.91. The largest absolute Gasteiger partial charge is 0.399 e. The number of nitrogen functional groups attached to an aromatic ring is 1. The molecule has 0 heterocycles. The number of nitrogens with two attached hydrogens (primary N) is 1. The topological polar surface area (TPSA) is 38.0 Å². The Morgan fingerprint density at radius 2 is 1.93 bits per heavy atom. The Balaban J connectivity index is 2.80. The van der Waals surface area contributed by atoms with Crippen LogP contribution in [0.5, 0.6) is 0 Å². The zero-order chi connectivity index (χ0) is 11.3. The molecule has 2 nitrogen and oxygen atoms in total. The Morgan fingerprint density at radius 1 is 1.33 bits per heavy atom. The third-order valence-corrected chi connectivity index (χ3v) is 2.57. The fourth-order valence-electron chi connectivity index (χ4n) is 1.19. The summed E-state index contributed by atoms with van der Waals surface area (Å²) in [6.07, 6.45) is 4.88. The van der Waals surface area contributed by atoms with E-state index in [-0.39, 0.29) is 0 Å². The molecule has 0 saturated carbocycles. The zero-order valence-electron chi connectivity index (χ0n) is 8.56. The van der Waals surface area contributed by atoms with Gasteiger partial charge in [-0.2, -0.15) is 0 Å². The van der Waals surface area contributed by atoms with Gasteiger partial charge < -0.3 is 11.1 Å².